The van der Waals surface area contributed by atoms with Gasteiger partial charge in [-0.05, 0) is 26.3 Å². The fourth-order valence-corrected chi connectivity index (χ4v) is 1.49. The van der Waals surface area contributed by atoms with Crippen LogP contribution in [0.15, 0.2) is 6.07 Å². The van der Waals surface area contributed by atoms with Crippen molar-refractivity contribution in [3.05, 3.63) is 17.5 Å². The van der Waals surface area contributed by atoms with Gasteiger partial charge in [-0.1, -0.05) is 0 Å². The van der Waals surface area contributed by atoms with Crippen LogP contribution in [-0.2, 0) is 0 Å². The maximum absolute atomic E-state index is 5.80. The van der Waals surface area contributed by atoms with Gasteiger partial charge in [0, 0.05) is 17.9 Å². The molecular weight excluding hydrogens is 164 g/mol. The number of anilines is 1. The highest BCUT2D eigenvalue weighted by Crippen LogP contribution is 2.19. The molecule has 1 aliphatic rings. The highest BCUT2D eigenvalue weighted by atomic mass is 15.4. The summed E-state index contributed by atoms with van der Waals surface area (Å²) >= 11 is 0. The Labute approximate surface area is 77.8 Å². The zero-order valence-corrected chi connectivity index (χ0v) is 7.99. The van der Waals surface area contributed by atoms with Gasteiger partial charge >= 0.3 is 0 Å². The van der Waals surface area contributed by atoms with E-state index in [1.54, 1.807) is 0 Å². The number of hydrogen-bond donors (Lipinski definition) is 1. The minimum absolute atomic E-state index is 0.112. The van der Waals surface area contributed by atoms with E-state index in [1.165, 1.54) is 0 Å². The minimum atomic E-state index is 0.112. The standard InChI is InChI=1S/C9H14N4/c1-6-5-7(2)12-9(11-6)13-4-3-8(13)10/h5,8H,3-4,10H2,1-2H3. The summed E-state index contributed by atoms with van der Waals surface area (Å²) in [5.41, 5.74) is 7.80. The van der Waals surface area contributed by atoms with E-state index in [9.17, 15) is 0 Å². The number of aromatic nitrogens is 2. The van der Waals surface area contributed by atoms with Gasteiger partial charge in [-0.15, -0.1) is 0 Å². The number of nitrogens with zero attached hydrogens (tertiary/aromatic N) is 3. The molecule has 0 radical (unpaired) electrons. The fourth-order valence-electron chi connectivity index (χ4n) is 1.49. The summed E-state index contributed by atoms with van der Waals surface area (Å²) in [4.78, 5) is 10.7. The molecule has 1 saturated heterocycles. The van der Waals surface area contributed by atoms with Crippen molar-refractivity contribution in [2.24, 2.45) is 5.73 Å². The Kier molecular flexibility index (Phi) is 1.92. The SMILES string of the molecule is Cc1cc(C)nc(N2CCC2N)n1. The highest BCUT2D eigenvalue weighted by molar-refractivity contribution is 5.36. The number of hydrogen-bond acceptors (Lipinski definition) is 4. The average molecular weight is 178 g/mol. The third-order valence-corrected chi connectivity index (χ3v) is 2.29. The Morgan fingerprint density at radius 1 is 1.38 bits per heavy atom. The van der Waals surface area contributed by atoms with E-state index in [-0.39, 0.29) is 6.17 Å². The van der Waals surface area contributed by atoms with Crippen LogP contribution in [0.2, 0.25) is 0 Å². The fraction of sp³-hybridized carbons (Fsp3) is 0.556. The average Bonchev–Trinajstić information content (AvgIpc) is 1.99. The lowest BCUT2D eigenvalue weighted by molar-refractivity contribution is 0.451. The Bertz CT molecular complexity index is 303. The van der Waals surface area contributed by atoms with Crippen molar-refractivity contribution in [3.8, 4) is 0 Å². The monoisotopic (exact) mass is 178 g/mol. The zero-order valence-electron chi connectivity index (χ0n) is 7.99. The second-order valence-corrected chi connectivity index (χ2v) is 3.50. The van der Waals surface area contributed by atoms with Crippen molar-refractivity contribution in [1.29, 1.82) is 0 Å². The first kappa shape index (κ1) is 8.44. The van der Waals surface area contributed by atoms with Gasteiger partial charge in [0.15, 0.2) is 0 Å². The maximum atomic E-state index is 5.80. The van der Waals surface area contributed by atoms with Gasteiger partial charge < -0.3 is 10.6 Å². The summed E-state index contributed by atoms with van der Waals surface area (Å²) in [5.74, 6) is 0.774. The summed E-state index contributed by atoms with van der Waals surface area (Å²) in [7, 11) is 0. The molecule has 1 aromatic rings. The Balaban J connectivity index is 2.29. The third kappa shape index (κ3) is 1.49. The van der Waals surface area contributed by atoms with Crippen LogP contribution >= 0.6 is 0 Å². The zero-order chi connectivity index (χ0) is 9.42. The summed E-state index contributed by atoms with van der Waals surface area (Å²) < 4.78 is 0. The molecule has 0 saturated carbocycles. The minimum Gasteiger partial charge on any atom is -0.325 e. The highest BCUT2D eigenvalue weighted by Gasteiger charge is 2.26. The summed E-state index contributed by atoms with van der Waals surface area (Å²) in [6, 6.07) is 1.97. The van der Waals surface area contributed by atoms with Crippen molar-refractivity contribution in [3.63, 3.8) is 0 Å². The molecule has 2 N–H and O–H groups in total. The molecule has 0 amide bonds. The first-order chi connectivity index (χ1) is 6.16. The van der Waals surface area contributed by atoms with Crippen molar-refractivity contribution >= 4 is 5.95 Å². The van der Waals surface area contributed by atoms with E-state index in [4.69, 9.17) is 5.73 Å². The van der Waals surface area contributed by atoms with E-state index in [1.807, 2.05) is 24.8 Å². The van der Waals surface area contributed by atoms with Crippen LogP contribution in [0.5, 0.6) is 0 Å². The van der Waals surface area contributed by atoms with Gasteiger partial charge in [-0.3, -0.25) is 0 Å². The van der Waals surface area contributed by atoms with Crippen LogP contribution < -0.4 is 10.6 Å². The first-order valence-corrected chi connectivity index (χ1v) is 4.51. The molecule has 0 spiro atoms. The first-order valence-electron chi connectivity index (χ1n) is 4.51. The molecule has 1 aromatic heterocycles. The molecule has 0 aromatic carbocycles. The van der Waals surface area contributed by atoms with Gasteiger partial charge in [-0.2, -0.15) is 0 Å². The van der Waals surface area contributed by atoms with Gasteiger partial charge in [-0.25, -0.2) is 9.97 Å². The molecule has 1 unspecified atom stereocenters. The van der Waals surface area contributed by atoms with Gasteiger partial charge in [0.25, 0.3) is 0 Å². The Morgan fingerprint density at radius 3 is 2.38 bits per heavy atom. The largest absolute Gasteiger partial charge is 0.325 e. The number of nitrogens with two attached hydrogens (primary N) is 1. The summed E-state index contributed by atoms with van der Waals surface area (Å²) in [5, 5.41) is 0. The van der Waals surface area contributed by atoms with E-state index < -0.39 is 0 Å². The van der Waals surface area contributed by atoms with Crippen LogP contribution in [0.4, 0.5) is 5.95 Å². The lowest BCUT2D eigenvalue weighted by Gasteiger charge is -2.38. The lowest BCUT2D eigenvalue weighted by Crippen LogP contribution is -2.54. The van der Waals surface area contributed by atoms with Crippen LogP contribution in [-0.4, -0.2) is 22.7 Å². The molecule has 13 heavy (non-hydrogen) atoms. The molecule has 4 heteroatoms. The summed E-state index contributed by atoms with van der Waals surface area (Å²) in [6.45, 7) is 4.93. The van der Waals surface area contributed by atoms with Crippen LogP contribution in [0.25, 0.3) is 0 Å². The molecule has 2 heterocycles. The molecule has 0 bridgehead atoms. The van der Waals surface area contributed by atoms with Crippen LogP contribution in [0.3, 0.4) is 0 Å². The Morgan fingerprint density at radius 2 is 2.00 bits per heavy atom. The third-order valence-electron chi connectivity index (χ3n) is 2.29. The van der Waals surface area contributed by atoms with Gasteiger partial charge in [0.1, 0.15) is 0 Å². The predicted molar refractivity (Wildman–Crippen MR) is 51.4 cm³/mol. The second kappa shape index (κ2) is 2.96. The number of aryl methyl sites for hydroxylation is 2. The van der Waals surface area contributed by atoms with E-state index >= 15 is 0 Å². The Hall–Kier alpha value is -1.16. The van der Waals surface area contributed by atoms with Crippen molar-refractivity contribution < 1.29 is 0 Å². The van der Waals surface area contributed by atoms with Crippen molar-refractivity contribution in [2.45, 2.75) is 26.4 Å². The molecule has 2 rings (SSSR count). The molecule has 70 valence electrons. The quantitative estimate of drug-likeness (QED) is 0.683. The predicted octanol–water partition coefficient (Wildman–Crippen LogP) is 0.588. The lowest BCUT2D eigenvalue weighted by atomic mass is 10.2. The normalized spacial score (nSPS) is 21.5. The molecule has 1 atom stereocenters. The molecular formula is C9H14N4. The van der Waals surface area contributed by atoms with Crippen molar-refractivity contribution in [2.75, 3.05) is 11.4 Å². The van der Waals surface area contributed by atoms with Crippen molar-refractivity contribution in [1.82, 2.24) is 9.97 Å². The molecule has 1 aliphatic heterocycles. The maximum Gasteiger partial charge on any atom is 0.227 e. The molecule has 0 aliphatic carbocycles. The second-order valence-electron chi connectivity index (χ2n) is 3.50. The van der Waals surface area contributed by atoms with E-state index in [0.29, 0.717) is 0 Å². The van der Waals surface area contributed by atoms with E-state index in [2.05, 4.69) is 9.97 Å². The van der Waals surface area contributed by atoms with E-state index in [0.717, 1.165) is 30.3 Å². The summed E-state index contributed by atoms with van der Waals surface area (Å²) in [6.07, 6.45) is 1.15. The van der Waals surface area contributed by atoms with Gasteiger partial charge in [0.2, 0.25) is 5.95 Å². The molecule has 4 nitrogen and oxygen atoms in total. The van der Waals surface area contributed by atoms with Crippen LogP contribution in [0.1, 0.15) is 17.8 Å². The van der Waals surface area contributed by atoms with Gasteiger partial charge in [0.05, 0.1) is 6.17 Å². The smallest absolute Gasteiger partial charge is 0.227 e. The van der Waals surface area contributed by atoms with Crippen LogP contribution in [0, 0.1) is 13.8 Å². The number of rotatable bonds is 1. The molecule has 1 fully saturated rings. The topological polar surface area (TPSA) is 55.0 Å².